The molecular formula is C28H35N5O6S. The van der Waals surface area contributed by atoms with Crippen LogP contribution in [-0.4, -0.2) is 71.1 Å². The van der Waals surface area contributed by atoms with E-state index < -0.39 is 26.5 Å². The van der Waals surface area contributed by atoms with E-state index in [1.54, 1.807) is 64.3 Å². The maximum atomic E-state index is 13.5. The van der Waals surface area contributed by atoms with Crippen LogP contribution in [0.15, 0.2) is 59.9 Å². The third kappa shape index (κ3) is 6.13. The van der Waals surface area contributed by atoms with Crippen LogP contribution in [0.25, 0.3) is 5.65 Å². The summed E-state index contributed by atoms with van der Waals surface area (Å²) in [5.41, 5.74) is 0.646. The van der Waals surface area contributed by atoms with Crippen LogP contribution in [0.1, 0.15) is 56.0 Å². The number of nitrogens with zero attached hydrogens (tertiary/aromatic N) is 3. The molecule has 2 aliphatic rings. The second-order valence-electron chi connectivity index (χ2n) is 11.2. The molecule has 12 heteroatoms. The lowest BCUT2D eigenvalue weighted by molar-refractivity contribution is -0.130. The first-order chi connectivity index (χ1) is 18.9. The number of carbonyl (C=O) groups is 2. The Morgan fingerprint density at radius 3 is 2.58 bits per heavy atom. The van der Waals surface area contributed by atoms with Gasteiger partial charge >= 0.3 is 6.09 Å². The maximum absolute atomic E-state index is 13.5. The molecule has 40 heavy (non-hydrogen) atoms. The number of sulfone groups is 1. The smallest absolute Gasteiger partial charge is 0.410 e. The fourth-order valence-corrected chi connectivity index (χ4v) is 6.59. The summed E-state index contributed by atoms with van der Waals surface area (Å²) in [7, 11) is -3.69. The molecule has 0 aliphatic carbocycles. The summed E-state index contributed by atoms with van der Waals surface area (Å²) < 4.78 is 40.3. The highest BCUT2D eigenvalue weighted by Crippen LogP contribution is 2.32. The zero-order valence-electron chi connectivity index (χ0n) is 22.9. The summed E-state index contributed by atoms with van der Waals surface area (Å²) >= 11 is 0. The van der Waals surface area contributed by atoms with Gasteiger partial charge in [-0.1, -0.05) is 12.1 Å². The zero-order chi connectivity index (χ0) is 28.5. The molecule has 2 amide bonds. The lowest BCUT2D eigenvalue weighted by atomic mass is 9.99. The van der Waals surface area contributed by atoms with E-state index in [0.29, 0.717) is 44.5 Å². The highest BCUT2D eigenvalue weighted by Gasteiger charge is 2.45. The molecule has 2 aliphatic heterocycles. The number of benzene rings is 1. The van der Waals surface area contributed by atoms with Gasteiger partial charge in [-0.2, -0.15) is 0 Å². The van der Waals surface area contributed by atoms with Crippen molar-refractivity contribution in [2.24, 2.45) is 0 Å². The number of rotatable bonds is 5. The Labute approximate surface area is 233 Å². The van der Waals surface area contributed by atoms with Gasteiger partial charge in [0, 0.05) is 57.5 Å². The van der Waals surface area contributed by atoms with E-state index in [1.165, 1.54) is 0 Å². The van der Waals surface area contributed by atoms with E-state index in [0.717, 1.165) is 11.2 Å². The molecular weight excluding hydrogens is 534 g/mol. The Morgan fingerprint density at radius 2 is 1.88 bits per heavy atom. The molecule has 0 saturated carbocycles. The van der Waals surface area contributed by atoms with Gasteiger partial charge in [-0.05, 0) is 50.6 Å². The number of piperidine rings is 1. The first-order valence-electron chi connectivity index (χ1n) is 13.4. The predicted octanol–water partition coefficient (Wildman–Crippen LogP) is 3.10. The SMILES string of the molecule is CC(C)(C)OC(=O)N1CCC2(CC1)NC(S(=O)(=O)c1ccc(CNC(=O)c3ccc4nccn4c3)cc1)CCO2. The van der Waals surface area contributed by atoms with E-state index in [4.69, 9.17) is 9.47 Å². The highest BCUT2D eigenvalue weighted by atomic mass is 32.2. The molecule has 5 rings (SSSR count). The number of likely N-dealkylation sites (tertiary alicyclic amines) is 1. The molecule has 11 nitrogen and oxygen atoms in total. The number of hydrogen-bond acceptors (Lipinski definition) is 8. The summed E-state index contributed by atoms with van der Waals surface area (Å²) in [4.78, 5) is 31.0. The van der Waals surface area contributed by atoms with E-state index in [-0.39, 0.29) is 23.4 Å². The number of amides is 2. The second-order valence-corrected chi connectivity index (χ2v) is 13.3. The van der Waals surface area contributed by atoms with Gasteiger partial charge < -0.3 is 24.1 Å². The Balaban J connectivity index is 1.18. The van der Waals surface area contributed by atoms with Gasteiger partial charge in [-0.3, -0.25) is 10.1 Å². The molecule has 2 fully saturated rings. The van der Waals surface area contributed by atoms with Crippen LogP contribution in [-0.2, 0) is 25.9 Å². The lowest BCUT2D eigenvalue weighted by Gasteiger charge is -2.46. The van der Waals surface area contributed by atoms with Crippen molar-refractivity contribution in [1.29, 1.82) is 0 Å². The summed E-state index contributed by atoms with van der Waals surface area (Å²) in [5, 5.41) is 5.31. The van der Waals surface area contributed by atoms with E-state index in [1.807, 2.05) is 20.8 Å². The quantitative estimate of drug-likeness (QED) is 0.479. The van der Waals surface area contributed by atoms with Crippen LogP contribution in [0.5, 0.6) is 0 Å². The molecule has 4 heterocycles. The second kappa shape index (κ2) is 10.8. The van der Waals surface area contributed by atoms with Crippen molar-refractivity contribution in [3.8, 4) is 0 Å². The molecule has 214 valence electrons. The van der Waals surface area contributed by atoms with Crippen LogP contribution in [0.4, 0.5) is 4.79 Å². The van der Waals surface area contributed by atoms with Crippen LogP contribution in [0.3, 0.4) is 0 Å². The first-order valence-corrected chi connectivity index (χ1v) is 14.9. The van der Waals surface area contributed by atoms with Crippen molar-refractivity contribution in [3.63, 3.8) is 0 Å². The monoisotopic (exact) mass is 569 g/mol. The van der Waals surface area contributed by atoms with Gasteiger partial charge in [0.15, 0.2) is 9.84 Å². The predicted molar refractivity (Wildman–Crippen MR) is 147 cm³/mol. The van der Waals surface area contributed by atoms with Crippen molar-refractivity contribution in [3.05, 3.63) is 66.1 Å². The first kappa shape index (κ1) is 28.1. The Hall–Kier alpha value is -3.48. The van der Waals surface area contributed by atoms with Crippen LogP contribution < -0.4 is 10.6 Å². The average molecular weight is 570 g/mol. The van der Waals surface area contributed by atoms with Gasteiger partial charge in [-0.15, -0.1) is 0 Å². The normalized spacial score (nSPS) is 19.5. The molecule has 3 aromatic rings. The van der Waals surface area contributed by atoms with Gasteiger partial charge in [0.1, 0.15) is 22.3 Å². The maximum Gasteiger partial charge on any atom is 0.410 e. The topological polar surface area (TPSA) is 131 Å². The third-order valence-corrected chi connectivity index (χ3v) is 9.17. The summed E-state index contributed by atoms with van der Waals surface area (Å²) in [6.07, 6.45) is 6.01. The van der Waals surface area contributed by atoms with Gasteiger partial charge in [0.2, 0.25) is 0 Å². The van der Waals surface area contributed by atoms with E-state index in [2.05, 4.69) is 15.6 Å². The largest absolute Gasteiger partial charge is 0.444 e. The summed E-state index contributed by atoms with van der Waals surface area (Å²) in [6.45, 7) is 6.85. The van der Waals surface area contributed by atoms with Gasteiger partial charge in [0.25, 0.3) is 5.91 Å². The zero-order valence-corrected chi connectivity index (χ0v) is 23.7. The van der Waals surface area contributed by atoms with Crippen LogP contribution in [0, 0.1) is 0 Å². The van der Waals surface area contributed by atoms with Crippen molar-refractivity contribution >= 4 is 27.5 Å². The molecule has 1 spiro atoms. The van der Waals surface area contributed by atoms with Gasteiger partial charge in [0.05, 0.1) is 17.1 Å². The van der Waals surface area contributed by atoms with Crippen molar-refractivity contribution in [1.82, 2.24) is 24.9 Å². The molecule has 2 aromatic heterocycles. The minimum atomic E-state index is -3.69. The Bertz CT molecular complexity index is 1490. The Morgan fingerprint density at radius 1 is 1.15 bits per heavy atom. The van der Waals surface area contributed by atoms with Crippen LogP contribution >= 0.6 is 0 Å². The molecule has 0 radical (unpaired) electrons. The molecule has 2 N–H and O–H groups in total. The number of pyridine rings is 1. The highest BCUT2D eigenvalue weighted by molar-refractivity contribution is 7.92. The molecule has 1 unspecified atom stereocenters. The van der Waals surface area contributed by atoms with Crippen molar-refractivity contribution in [2.75, 3.05) is 19.7 Å². The number of ether oxygens (including phenoxy) is 2. The molecule has 2 saturated heterocycles. The standard InChI is InChI=1S/C28H35N5O6S/c1-27(2,3)39-26(35)32-14-11-28(12-15-32)31-24(10-17-38-28)40(36,37)22-7-4-20(5-8-22)18-30-25(34)21-6-9-23-29-13-16-33(23)19-21/h4-9,13,16,19,24,31H,10-12,14-15,17-18H2,1-3H3,(H,30,34). The summed E-state index contributed by atoms with van der Waals surface area (Å²) in [5.74, 6) is -0.235. The lowest BCUT2D eigenvalue weighted by Crippen LogP contribution is -2.63. The molecule has 0 bridgehead atoms. The number of nitrogens with one attached hydrogen (secondary N) is 2. The van der Waals surface area contributed by atoms with E-state index in [9.17, 15) is 18.0 Å². The summed E-state index contributed by atoms with van der Waals surface area (Å²) in [6, 6.07) is 10.0. The number of hydrogen-bond donors (Lipinski definition) is 2. The Kier molecular flexibility index (Phi) is 7.60. The fraction of sp³-hybridized carbons (Fsp3) is 0.464. The minimum absolute atomic E-state index is 0.203. The number of imidazole rings is 1. The van der Waals surface area contributed by atoms with Crippen molar-refractivity contribution in [2.45, 2.75) is 68.2 Å². The fourth-order valence-electron chi connectivity index (χ4n) is 4.97. The van der Waals surface area contributed by atoms with Gasteiger partial charge in [-0.25, -0.2) is 18.2 Å². The molecule has 1 atom stereocenters. The van der Waals surface area contributed by atoms with Crippen molar-refractivity contribution < 1.29 is 27.5 Å². The number of fused-ring (bicyclic) bond motifs is 1. The van der Waals surface area contributed by atoms with E-state index >= 15 is 0 Å². The number of aromatic nitrogens is 2. The minimum Gasteiger partial charge on any atom is -0.444 e. The molecule has 1 aromatic carbocycles. The third-order valence-electron chi connectivity index (χ3n) is 7.14. The van der Waals surface area contributed by atoms with Crippen LogP contribution in [0.2, 0.25) is 0 Å². The average Bonchev–Trinajstić information content (AvgIpc) is 3.39. The number of carbonyl (C=O) groups excluding carboxylic acids is 2.